The molecule has 5 aliphatic rings. The number of rotatable bonds is 0. The number of hydrogen-bond donors (Lipinski definition) is 0. The Hall–Kier alpha value is 0. The molecule has 0 nitrogen and oxygen atoms in total. The quantitative estimate of drug-likeness (QED) is 0.434. The first kappa shape index (κ1) is 2.72. The molecular weight excluding hydrogens is 96.1 g/mol. The second kappa shape index (κ2) is 0.321. The Morgan fingerprint density at radius 2 is 2.25 bits per heavy atom. The second-order valence-corrected chi connectivity index (χ2v) is 4.73. The highest BCUT2D eigenvalue weighted by atomic mass is 15.4. The summed E-state index contributed by atoms with van der Waals surface area (Å²) < 4.78 is 0. The van der Waals surface area contributed by atoms with Crippen LogP contribution >= 0.6 is 0 Å². The topological polar surface area (TPSA) is 0 Å². The van der Waals surface area contributed by atoms with Crippen molar-refractivity contribution in [2.24, 2.45) is 34.0 Å². The lowest BCUT2D eigenvalue weighted by molar-refractivity contribution is 0.482. The standard InChI is InChI=1S/C8H8/c1-3-5-7(3)6-2-4(6)8(5,6)7/h3-5H,2H2,1H3. The maximum Gasteiger partial charge on any atom is -0.00935 e. The molecule has 0 heteroatoms. The van der Waals surface area contributed by atoms with Gasteiger partial charge in [0.05, 0.1) is 0 Å². The zero-order valence-electron chi connectivity index (χ0n) is 4.94. The van der Waals surface area contributed by atoms with Gasteiger partial charge in [-0.05, 0) is 40.4 Å². The molecule has 0 saturated heterocycles. The molecule has 0 aromatic rings. The van der Waals surface area contributed by atoms with Crippen LogP contribution in [0.15, 0.2) is 0 Å². The van der Waals surface area contributed by atoms with Crippen LogP contribution in [0.5, 0.6) is 0 Å². The van der Waals surface area contributed by atoms with Gasteiger partial charge in [0.1, 0.15) is 0 Å². The Kier molecular flexibility index (Phi) is 0.109. The highest BCUT2D eigenvalue weighted by Crippen LogP contribution is 3.38. The normalized spacial score (nSPS) is 116. The minimum atomic E-state index is 1.09. The Morgan fingerprint density at radius 1 is 1.38 bits per heavy atom. The first-order valence-corrected chi connectivity index (χ1v) is 3.87. The zero-order chi connectivity index (χ0) is 4.94. The van der Waals surface area contributed by atoms with E-state index in [9.17, 15) is 0 Å². The van der Waals surface area contributed by atoms with Gasteiger partial charge in [0.15, 0.2) is 0 Å². The van der Waals surface area contributed by atoms with Crippen LogP contribution in [-0.2, 0) is 0 Å². The fourth-order valence-corrected chi connectivity index (χ4v) is 5.42. The molecule has 0 amide bonds. The third kappa shape index (κ3) is 0.0478. The lowest BCUT2D eigenvalue weighted by Crippen LogP contribution is -1.94. The molecule has 5 saturated carbocycles. The van der Waals surface area contributed by atoms with Crippen molar-refractivity contribution >= 4 is 0 Å². The molecule has 6 atom stereocenters. The molecule has 6 unspecified atom stereocenters. The average molecular weight is 104 g/mol. The molecule has 0 bridgehead atoms. The lowest BCUT2D eigenvalue weighted by Gasteiger charge is -1.98. The largest absolute Gasteiger partial charge is 0.0616 e. The van der Waals surface area contributed by atoms with Gasteiger partial charge >= 0.3 is 0 Å². The van der Waals surface area contributed by atoms with Crippen molar-refractivity contribution in [2.75, 3.05) is 0 Å². The van der Waals surface area contributed by atoms with Crippen LogP contribution in [0.3, 0.4) is 0 Å². The van der Waals surface area contributed by atoms with Crippen molar-refractivity contribution in [1.29, 1.82) is 0 Å². The summed E-state index contributed by atoms with van der Waals surface area (Å²) in [6, 6.07) is 0. The maximum atomic E-state index is 2.46. The van der Waals surface area contributed by atoms with Gasteiger partial charge in [-0.2, -0.15) is 0 Å². The summed E-state index contributed by atoms with van der Waals surface area (Å²) in [4.78, 5) is 0. The highest BCUT2D eigenvalue weighted by molar-refractivity contribution is 5.81. The summed E-state index contributed by atoms with van der Waals surface area (Å²) in [5.41, 5.74) is 3.31. The summed E-state index contributed by atoms with van der Waals surface area (Å²) in [7, 11) is 0. The van der Waals surface area contributed by atoms with Crippen LogP contribution in [0.25, 0.3) is 0 Å². The van der Waals surface area contributed by atoms with E-state index in [4.69, 9.17) is 0 Å². The Labute approximate surface area is 48.3 Å². The van der Waals surface area contributed by atoms with E-state index < -0.39 is 0 Å². The Morgan fingerprint density at radius 3 is 2.38 bits per heavy atom. The van der Waals surface area contributed by atoms with Crippen molar-refractivity contribution < 1.29 is 0 Å². The van der Waals surface area contributed by atoms with Gasteiger partial charge < -0.3 is 0 Å². The van der Waals surface area contributed by atoms with Crippen LogP contribution < -0.4 is 0 Å². The predicted molar refractivity (Wildman–Crippen MR) is 28.1 cm³/mol. The molecule has 5 fully saturated rings. The van der Waals surface area contributed by atoms with Crippen molar-refractivity contribution in [3.63, 3.8) is 0 Å². The molecule has 0 aromatic heterocycles. The minimum Gasteiger partial charge on any atom is -0.0616 e. The van der Waals surface area contributed by atoms with Gasteiger partial charge in [-0.1, -0.05) is 6.92 Å². The molecule has 3 spiro atoms. The van der Waals surface area contributed by atoms with Gasteiger partial charge in [0.25, 0.3) is 0 Å². The van der Waals surface area contributed by atoms with E-state index in [0.29, 0.717) is 0 Å². The van der Waals surface area contributed by atoms with E-state index >= 15 is 0 Å². The van der Waals surface area contributed by atoms with Crippen LogP contribution in [0.1, 0.15) is 13.3 Å². The van der Waals surface area contributed by atoms with E-state index in [2.05, 4.69) is 6.92 Å². The van der Waals surface area contributed by atoms with E-state index in [0.717, 1.165) is 16.2 Å². The van der Waals surface area contributed by atoms with Crippen LogP contribution in [0.4, 0.5) is 0 Å². The average Bonchev–Trinajstić information content (AvgIpc) is 2.34. The van der Waals surface area contributed by atoms with Gasteiger partial charge in [0, 0.05) is 0 Å². The fraction of sp³-hybridized carbons (Fsp3) is 1.00. The highest BCUT2D eigenvalue weighted by Gasteiger charge is 3.36. The fourth-order valence-electron chi connectivity index (χ4n) is 5.42. The molecule has 5 rings (SSSR count). The third-order valence-electron chi connectivity index (χ3n) is 5.53. The van der Waals surface area contributed by atoms with Crippen LogP contribution in [-0.4, -0.2) is 0 Å². The van der Waals surface area contributed by atoms with Gasteiger partial charge in [-0.3, -0.25) is 0 Å². The van der Waals surface area contributed by atoms with Gasteiger partial charge in [-0.25, -0.2) is 0 Å². The smallest absolute Gasteiger partial charge is 0.00935 e. The molecule has 5 aliphatic carbocycles. The van der Waals surface area contributed by atoms with Gasteiger partial charge in [-0.15, -0.1) is 0 Å². The van der Waals surface area contributed by atoms with Crippen molar-refractivity contribution in [1.82, 2.24) is 0 Å². The Balaban J connectivity index is 1.99. The van der Waals surface area contributed by atoms with E-state index in [1.165, 1.54) is 17.8 Å². The molecule has 0 aromatic carbocycles. The van der Waals surface area contributed by atoms with E-state index in [1.54, 1.807) is 6.42 Å². The summed E-state index contributed by atoms with van der Waals surface area (Å²) in [6.45, 7) is 2.46. The predicted octanol–water partition coefficient (Wildman–Crippen LogP) is 1.27. The molecule has 0 aliphatic heterocycles. The van der Waals surface area contributed by atoms with E-state index in [1.807, 2.05) is 0 Å². The summed E-state index contributed by atoms with van der Waals surface area (Å²) in [5.74, 6) is 3.81. The molecular formula is C8H8. The third-order valence-corrected chi connectivity index (χ3v) is 5.53. The molecule has 40 valence electrons. The first-order valence-electron chi connectivity index (χ1n) is 3.87. The van der Waals surface area contributed by atoms with Crippen LogP contribution in [0.2, 0.25) is 0 Å². The molecule has 0 N–H and O–H groups in total. The molecule has 8 heavy (non-hydrogen) atoms. The number of hydrogen-bond acceptors (Lipinski definition) is 0. The van der Waals surface area contributed by atoms with Crippen molar-refractivity contribution in [3.05, 3.63) is 0 Å². The SMILES string of the molecule is CC1C2C13C14CC1C243. The minimum absolute atomic E-state index is 1.09. The monoisotopic (exact) mass is 104 g/mol. The lowest BCUT2D eigenvalue weighted by atomic mass is 10.1. The van der Waals surface area contributed by atoms with Gasteiger partial charge in [0.2, 0.25) is 0 Å². The van der Waals surface area contributed by atoms with Crippen molar-refractivity contribution in [2.45, 2.75) is 13.3 Å². The summed E-state index contributed by atoms with van der Waals surface area (Å²) in [6.07, 6.45) is 1.66. The van der Waals surface area contributed by atoms with Crippen LogP contribution in [0, 0.1) is 34.0 Å². The Bertz CT molecular complexity index is 257. The molecule has 0 heterocycles. The zero-order valence-corrected chi connectivity index (χ0v) is 4.94. The second-order valence-electron chi connectivity index (χ2n) is 4.73. The van der Waals surface area contributed by atoms with Crippen molar-refractivity contribution in [3.8, 4) is 0 Å². The maximum absolute atomic E-state index is 2.46. The molecule has 0 radical (unpaired) electrons. The summed E-state index contributed by atoms with van der Waals surface area (Å²) >= 11 is 0. The summed E-state index contributed by atoms with van der Waals surface area (Å²) in [5, 5.41) is 0. The van der Waals surface area contributed by atoms with E-state index in [-0.39, 0.29) is 0 Å². The first-order chi connectivity index (χ1) is 3.87.